The highest BCUT2D eigenvalue weighted by atomic mass is 16.6. The summed E-state index contributed by atoms with van der Waals surface area (Å²) in [6, 6.07) is 19.4. The van der Waals surface area contributed by atoms with Gasteiger partial charge in [-0.15, -0.1) is 0 Å². The zero-order valence-corrected chi connectivity index (χ0v) is 18.2. The zero-order chi connectivity index (χ0) is 24.1. The van der Waals surface area contributed by atoms with Gasteiger partial charge in [-0.05, 0) is 53.1 Å². The summed E-state index contributed by atoms with van der Waals surface area (Å²) in [5.41, 5.74) is -1.19. The van der Waals surface area contributed by atoms with E-state index in [1.165, 1.54) is 12.2 Å². The summed E-state index contributed by atoms with van der Waals surface area (Å²) in [5, 5.41) is 13.5. The summed E-state index contributed by atoms with van der Waals surface area (Å²) in [6.45, 7) is 2.60. The van der Waals surface area contributed by atoms with E-state index in [1.54, 1.807) is 18.2 Å². The average Bonchev–Trinajstić information content (AvgIpc) is 2.81. The minimum absolute atomic E-state index is 0.201. The first kappa shape index (κ1) is 22.5. The fourth-order valence-electron chi connectivity index (χ4n) is 3.48. The number of hydrogen-bond donors (Lipinski definition) is 2. The van der Waals surface area contributed by atoms with Gasteiger partial charge in [0, 0.05) is 0 Å². The van der Waals surface area contributed by atoms with E-state index < -0.39 is 21.9 Å². The first-order valence-electron chi connectivity index (χ1n) is 10.5. The van der Waals surface area contributed by atoms with Crippen LogP contribution in [0.4, 0.5) is 5.69 Å². The van der Waals surface area contributed by atoms with E-state index in [2.05, 4.69) is 17.1 Å². The minimum Gasteiger partial charge on any atom is -0.490 e. The number of fused-ring (bicyclic) bond motifs is 1. The lowest BCUT2D eigenvalue weighted by Crippen LogP contribution is -2.25. The standard InChI is InChI=1S/C25H21N3O6/c1-2-33-22-14-16(8-11-20-23(28(31)32)24(29)27-25(30)26-20)9-12-21(22)34-15-17-7-10-18-5-3-4-6-19(18)13-17/h3-14H,2,15H2,1H3,(H2,26,27,29,30)/b11-8-. The molecule has 1 heterocycles. The first-order valence-corrected chi connectivity index (χ1v) is 10.5. The second kappa shape index (κ2) is 9.86. The second-order valence-electron chi connectivity index (χ2n) is 7.37. The van der Waals surface area contributed by atoms with Crippen LogP contribution in [0.5, 0.6) is 11.5 Å². The van der Waals surface area contributed by atoms with Crippen LogP contribution >= 0.6 is 0 Å². The van der Waals surface area contributed by atoms with Crippen LogP contribution in [0, 0.1) is 10.1 Å². The molecular formula is C25H21N3O6. The minimum atomic E-state index is -1.07. The van der Waals surface area contributed by atoms with Crippen molar-refractivity contribution >= 4 is 28.6 Å². The average molecular weight is 459 g/mol. The van der Waals surface area contributed by atoms with E-state index in [9.17, 15) is 19.7 Å². The molecule has 0 fully saturated rings. The molecule has 0 aliphatic carbocycles. The molecule has 0 spiro atoms. The van der Waals surface area contributed by atoms with E-state index in [0.717, 1.165) is 16.3 Å². The van der Waals surface area contributed by atoms with E-state index in [4.69, 9.17) is 9.47 Å². The van der Waals surface area contributed by atoms with Gasteiger partial charge in [0.05, 0.1) is 11.5 Å². The monoisotopic (exact) mass is 459 g/mol. The number of H-pyrrole nitrogens is 2. The Bertz CT molecular complexity index is 1500. The molecule has 4 rings (SSSR count). The van der Waals surface area contributed by atoms with Gasteiger partial charge in [0.15, 0.2) is 11.5 Å². The van der Waals surface area contributed by atoms with Gasteiger partial charge in [-0.2, -0.15) is 0 Å². The van der Waals surface area contributed by atoms with Crippen LogP contribution in [0.2, 0.25) is 0 Å². The Labute approximate surface area is 193 Å². The molecule has 0 aliphatic heterocycles. The van der Waals surface area contributed by atoms with Crippen LogP contribution in [0.3, 0.4) is 0 Å². The highest BCUT2D eigenvalue weighted by molar-refractivity contribution is 5.83. The van der Waals surface area contributed by atoms with Crippen molar-refractivity contribution in [3.05, 3.63) is 108 Å². The lowest BCUT2D eigenvalue weighted by atomic mass is 10.1. The van der Waals surface area contributed by atoms with Crippen molar-refractivity contribution in [3.63, 3.8) is 0 Å². The van der Waals surface area contributed by atoms with E-state index >= 15 is 0 Å². The third-order valence-corrected chi connectivity index (χ3v) is 5.05. The van der Waals surface area contributed by atoms with Crippen molar-refractivity contribution in [1.82, 2.24) is 9.97 Å². The van der Waals surface area contributed by atoms with E-state index in [1.807, 2.05) is 42.2 Å². The largest absolute Gasteiger partial charge is 0.490 e. The SMILES string of the molecule is CCOc1cc(/C=C\c2[nH]c(=O)[nH]c(=O)c2[N+](=O)[O-])ccc1OCc1ccc2ccccc2c1. The van der Waals surface area contributed by atoms with Crippen LogP contribution in [0.25, 0.3) is 22.9 Å². The van der Waals surface area contributed by atoms with Crippen molar-refractivity contribution in [3.8, 4) is 11.5 Å². The first-order chi connectivity index (χ1) is 16.4. The highest BCUT2D eigenvalue weighted by Gasteiger charge is 2.18. The molecule has 0 saturated heterocycles. The predicted octanol–water partition coefficient (Wildman–Crippen LogP) is 4.27. The summed E-state index contributed by atoms with van der Waals surface area (Å²) in [5.74, 6) is 1.04. The van der Waals surface area contributed by atoms with E-state index in [-0.39, 0.29) is 5.69 Å². The van der Waals surface area contributed by atoms with Gasteiger partial charge in [0.25, 0.3) is 0 Å². The molecule has 34 heavy (non-hydrogen) atoms. The maximum Gasteiger partial charge on any atom is 0.357 e. The molecule has 172 valence electrons. The van der Waals surface area contributed by atoms with E-state index in [0.29, 0.717) is 30.3 Å². The van der Waals surface area contributed by atoms with Crippen LogP contribution in [0.1, 0.15) is 23.7 Å². The van der Waals surface area contributed by atoms with Crippen molar-refractivity contribution in [1.29, 1.82) is 0 Å². The van der Waals surface area contributed by atoms with Crippen molar-refractivity contribution < 1.29 is 14.4 Å². The van der Waals surface area contributed by atoms with Gasteiger partial charge in [-0.1, -0.05) is 48.5 Å². The normalized spacial score (nSPS) is 11.1. The summed E-state index contributed by atoms with van der Waals surface area (Å²) in [4.78, 5) is 37.8. The molecule has 3 aromatic carbocycles. The Hall–Kier alpha value is -4.66. The number of benzene rings is 3. The third kappa shape index (κ3) is 5.04. The molecule has 0 radical (unpaired) electrons. The Kier molecular flexibility index (Phi) is 6.54. The lowest BCUT2D eigenvalue weighted by molar-refractivity contribution is -0.386. The topological polar surface area (TPSA) is 127 Å². The molecule has 1 aromatic heterocycles. The molecule has 0 saturated carbocycles. The van der Waals surface area contributed by atoms with Crippen LogP contribution < -0.4 is 20.7 Å². The molecule has 0 amide bonds. The van der Waals surface area contributed by atoms with Crippen LogP contribution in [-0.2, 0) is 6.61 Å². The van der Waals surface area contributed by atoms with Crippen molar-refractivity contribution in [2.75, 3.05) is 6.61 Å². The molecule has 0 atom stereocenters. The van der Waals surface area contributed by atoms with Crippen LogP contribution in [-0.4, -0.2) is 21.5 Å². The predicted molar refractivity (Wildman–Crippen MR) is 129 cm³/mol. The number of ether oxygens (including phenoxy) is 2. The van der Waals surface area contributed by atoms with Gasteiger partial charge in [0.1, 0.15) is 12.3 Å². The quantitative estimate of drug-likeness (QED) is 0.299. The molecular weight excluding hydrogens is 438 g/mol. The summed E-state index contributed by atoms with van der Waals surface area (Å²) >= 11 is 0. The Morgan fingerprint density at radius 2 is 1.71 bits per heavy atom. The lowest BCUT2D eigenvalue weighted by Gasteiger charge is -2.13. The fraction of sp³-hybridized carbons (Fsp3) is 0.120. The summed E-state index contributed by atoms with van der Waals surface area (Å²) < 4.78 is 11.7. The highest BCUT2D eigenvalue weighted by Crippen LogP contribution is 2.30. The summed E-state index contributed by atoms with van der Waals surface area (Å²) in [7, 11) is 0. The summed E-state index contributed by atoms with van der Waals surface area (Å²) in [6.07, 6.45) is 2.84. The van der Waals surface area contributed by atoms with Gasteiger partial charge >= 0.3 is 16.9 Å². The maximum atomic E-state index is 11.8. The Morgan fingerprint density at radius 1 is 0.912 bits per heavy atom. The van der Waals surface area contributed by atoms with Gasteiger partial charge in [-0.3, -0.25) is 19.9 Å². The number of rotatable bonds is 8. The number of aromatic amines is 2. The van der Waals surface area contributed by atoms with Gasteiger partial charge < -0.3 is 14.5 Å². The van der Waals surface area contributed by atoms with Crippen molar-refractivity contribution in [2.24, 2.45) is 0 Å². The smallest absolute Gasteiger partial charge is 0.357 e. The molecule has 0 bridgehead atoms. The molecule has 4 aromatic rings. The number of aromatic nitrogens is 2. The van der Waals surface area contributed by atoms with Crippen molar-refractivity contribution in [2.45, 2.75) is 13.5 Å². The second-order valence-corrected chi connectivity index (χ2v) is 7.37. The number of nitrogens with one attached hydrogen (secondary N) is 2. The molecule has 0 unspecified atom stereocenters. The fourth-order valence-corrected chi connectivity index (χ4v) is 3.48. The molecule has 9 nitrogen and oxygen atoms in total. The Morgan fingerprint density at radius 3 is 2.47 bits per heavy atom. The Balaban J connectivity index is 1.57. The van der Waals surface area contributed by atoms with Gasteiger partial charge in [0.2, 0.25) is 0 Å². The number of nitro groups is 1. The maximum absolute atomic E-state index is 11.8. The molecule has 2 N–H and O–H groups in total. The third-order valence-electron chi connectivity index (χ3n) is 5.05. The zero-order valence-electron chi connectivity index (χ0n) is 18.2. The number of nitrogens with zero attached hydrogens (tertiary/aromatic N) is 1. The molecule has 0 aliphatic rings. The van der Waals surface area contributed by atoms with Crippen LogP contribution in [0.15, 0.2) is 70.3 Å². The molecule has 9 heteroatoms. The number of hydrogen-bond acceptors (Lipinski definition) is 6. The van der Waals surface area contributed by atoms with Gasteiger partial charge in [-0.25, -0.2) is 4.79 Å².